The molecule has 0 aromatic carbocycles. The molecule has 15 heteroatoms. The number of hydrogen-bond donors (Lipinski definition) is 1. The van der Waals surface area contributed by atoms with Crippen molar-refractivity contribution in [3.05, 3.63) is 44.5 Å². The fourth-order valence-corrected chi connectivity index (χ4v) is 5.86. The standard InChI is InChI=1S/C21H36N4O9P2/c1-14(2)25(15(3)4)35(32-12-10-22-5)34-18-17(29-6)19(24-11-9-16(26)23-21(24)27)33-20(18)31-13-36(8,28)30-7/h9,11,14-15,17-20H,10,12-13H2,1-4,6-8H3,(H,23,26,27)/t17-,18?,19+,20-,35?,36?/m0/s1. The molecule has 6 atom stereocenters. The van der Waals surface area contributed by atoms with Crippen LogP contribution in [0.4, 0.5) is 0 Å². The highest BCUT2D eigenvalue weighted by Gasteiger charge is 2.50. The van der Waals surface area contributed by atoms with E-state index >= 15 is 0 Å². The Hall–Kier alpha value is -1.45. The highest BCUT2D eigenvalue weighted by atomic mass is 31.2. The summed E-state index contributed by atoms with van der Waals surface area (Å²) in [4.78, 5) is 29.6. The molecule has 1 saturated heterocycles. The number of aromatic amines is 1. The molecule has 2 heterocycles. The van der Waals surface area contributed by atoms with E-state index in [1.54, 1.807) is 0 Å². The van der Waals surface area contributed by atoms with Gasteiger partial charge in [-0.2, -0.15) is 0 Å². The van der Waals surface area contributed by atoms with E-state index in [-0.39, 0.29) is 31.6 Å². The zero-order valence-corrected chi connectivity index (χ0v) is 23.4. The van der Waals surface area contributed by atoms with E-state index in [0.717, 1.165) is 0 Å². The van der Waals surface area contributed by atoms with Crippen molar-refractivity contribution in [2.75, 3.05) is 40.4 Å². The monoisotopic (exact) mass is 550 g/mol. The van der Waals surface area contributed by atoms with Gasteiger partial charge in [0.25, 0.3) is 14.1 Å². The summed E-state index contributed by atoms with van der Waals surface area (Å²) in [5.41, 5.74) is -1.26. The molecule has 204 valence electrons. The summed E-state index contributed by atoms with van der Waals surface area (Å²) in [5, 5.41) is 0. The number of hydrogen-bond acceptors (Lipinski definition) is 10. The Kier molecular flexibility index (Phi) is 11.9. The van der Waals surface area contributed by atoms with Crippen molar-refractivity contribution in [3.63, 3.8) is 0 Å². The van der Waals surface area contributed by atoms with Crippen LogP contribution in [0.25, 0.3) is 4.85 Å². The highest BCUT2D eigenvalue weighted by molar-refractivity contribution is 7.57. The third kappa shape index (κ3) is 8.02. The normalized spacial score (nSPS) is 24.8. The summed E-state index contributed by atoms with van der Waals surface area (Å²) < 4.78 is 50.7. The van der Waals surface area contributed by atoms with Gasteiger partial charge in [-0.1, -0.05) is 0 Å². The van der Waals surface area contributed by atoms with Crippen molar-refractivity contribution in [1.82, 2.24) is 14.2 Å². The molecular formula is C21H36N4O9P2. The number of rotatable bonds is 14. The molecule has 0 saturated carbocycles. The zero-order valence-electron chi connectivity index (χ0n) is 21.7. The van der Waals surface area contributed by atoms with Gasteiger partial charge < -0.3 is 32.6 Å². The minimum absolute atomic E-state index is 0.0358. The van der Waals surface area contributed by atoms with Crippen LogP contribution in [0.15, 0.2) is 21.9 Å². The number of nitrogens with one attached hydrogen (secondary N) is 1. The Morgan fingerprint density at radius 1 is 1.25 bits per heavy atom. The zero-order chi connectivity index (χ0) is 27.0. The molecule has 1 N–H and O–H groups in total. The summed E-state index contributed by atoms with van der Waals surface area (Å²) in [6, 6.07) is 1.26. The van der Waals surface area contributed by atoms with Crippen LogP contribution in [0, 0.1) is 6.57 Å². The Bertz CT molecular complexity index is 1030. The Morgan fingerprint density at radius 2 is 1.92 bits per heavy atom. The van der Waals surface area contributed by atoms with Crippen LogP contribution in [-0.2, 0) is 32.3 Å². The van der Waals surface area contributed by atoms with Crippen molar-refractivity contribution in [1.29, 1.82) is 0 Å². The molecule has 0 bridgehead atoms. The molecule has 1 aliphatic heterocycles. The third-order valence-corrected chi connectivity index (χ3v) is 8.79. The van der Waals surface area contributed by atoms with Gasteiger partial charge in [0, 0.05) is 45.2 Å². The lowest BCUT2D eigenvalue weighted by atomic mass is 10.2. The lowest BCUT2D eigenvalue weighted by Gasteiger charge is -2.37. The SMILES string of the molecule is [C-]#[N+]CCOP(OC1[C@@H](OCP(C)(=O)OC)O[C@@H](n2ccc(=O)[nH]c2=O)[C@H]1OC)N(C(C)C)C(C)C. The van der Waals surface area contributed by atoms with Gasteiger partial charge in [0.15, 0.2) is 12.5 Å². The molecule has 1 aromatic rings. The topological polar surface area (TPSA) is 135 Å². The average Bonchev–Trinajstić information content (AvgIpc) is 3.14. The van der Waals surface area contributed by atoms with Crippen molar-refractivity contribution >= 4 is 15.9 Å². The predicted molar refractivity (Wildman–Crippen MR) is 134 cm³/mol. The van der Waals surface area contributed by atoms with Crippen LogP contribution in [0.1, 0.15) is 33.9 Å². The van der Waals surface area contributed by atoms with Crippen LogP contribution in [-0.4, -0.2) is 85.2 Å². The number of aromatic nitrogens is 2. The molecule has 0 spiro atoms. The fraction of sp³-hybridized carbons (Fsp3) is 0.762. The van der Waals surface area contributed by atoms with E-state index in [1.165, 1.54) is 37.7 Å². The molecule has 1 aromatic heterocycles. The largest absolute Gasteiger partial charge is 0.374 e. The Morgan fingerprint density at radius 3 is 2.44 bits per heavy atom. The van der Waals surface area contributed by atoms with E-state index < -0.39 is 51.9 Å². The molecule has 36 heavy (non-hydrogen) atoms. The predicted octanol–water partition coefficient (Wildman–Crippen LogP) is 2.60. The molecule has 2 rings (SSSR count). The van der Waals surface area contributed by atoms with Crippen molar-refractivity contribution in [3.8, 4) is 0 Å². The van der Waals surface area contributed by atoms with Gasteiger partial charge >= 0.3 is 5.69 Å². The van der Waals surface area contributed by atoms with Crippen molar-refractivity contribution < 1.29 is 32.3 Å². The van der Waals surface area contributed by atoms with Gasteiger partial charge in [-0.15, -0.1) is 0 Å². The summed E-state index contributed by atoms with van der Waals surface area (Å²) in [6.45, 7) is 16.8. The summed E-state index contributed by atoms with van der Waals surface area (Å²) >= 11 is 0. The third-order valence-electron chi connectivity index (χ3n) is 5.27. The van der Waals surface area contributed by atoms with Gasteiger partial charge in [0.1, 0.15) is 25.2 Å². The summed E-state index contributed by atoms with van der Waals surface area (Å²) in [5.74, 6) is 0. The van der Waals surface area contributed by atoms with Gasteiger partial charge in [0.2, 0.25) is 13.9 Å². The number of H-pyrrole nitrogens is 1. The maximum absolute atomic E-state index is 12.5. The molecular weight excluding hydrogens is 514 g/mol. The lowest BCUT2D eigenvalue weighted by Crippen LogP contribution is -2.41. The first-order valence-electron chi connectivity index (χ1n) is 11.4. The van der Waals surface area contributed by atoms with E-state index in [4.69, 9.17) is 34.4 Å². The number of ether oxygens (including phenoxy) is 3. The van der Waals surface area contributed by atoms with Crippen LogP contribution >= 0.6 is 15.9 Å². The van der Waals surface area contributed by atoms with Crippen LogP contribution in [0.3, 0.4) is 0 Å². The first kappa shape index (κ1) is 30.8. The molecule has 0 amide bonds. The first-order chi connectivity index (χ1) is 16.9. The summed E-state index contributed by atoms with van der Waals surface area (Å²) in [6.07, 6.45) is -2.91. The number of methoxy groups -OCH3 is 1. The lowest BCUT2D eigenvalue weighted by molar-refractivity contribution is -0.165. The van der Waals surface area contributed by atoms with Gasteiger partial charge in [-0.3, -0.25) is 18.9 Å². The van der Waals surface area contributed by atoms with Crippen LogP contribution < -0.4 is 11.2 Å². The van der Waals surface area contributed by atoms with E-state index in [9.17, 15) is 14.2 Å². The van der Waals surface area contributed by atoms with Gasteiger partial charge in [0.05, 0.1) is 0 Å². The fourth-order valence-electron chi connectivity index (χ4n) is 3.61. The summed E-state index contributed by atoms with van der Waals surface area (Å²) in [7, 11) is -2.05. The van der Waals surface area contributed by atoms with Crippen molar-refractivity contribution in [2.24, 2.45) is 0 Å². The molecule has 3 unspecified atom stereocenters. The number of nitrogens with zero attached hydrogens (tertiary/aromatic N) is 3. The minimum Gasteiger partial charge on any atom is -0.374 e. The molecule has 1 aliphatic rings. The molecule has 13 nitrogen and oxygen atoms in total. The van der Waals surface area contributed by atoms with E-state index in [1.807, 2.05) is 32.4 Å². The molecule has 1 fully saturated rings. The van der Waals surface area contributed by atoms with Crippen molar-refractivity contribution in [2.45, 2.75) is 64.5 Å². The second kappa shape index (κ2) is 13.9. The maximum atomic E-state index is 12.5. The quantitative estimate of drug-likeness (QED) is 0.209. The van der Waals surface area contributed by atoms with Crippen LogP contribution in [0.2, 0.25) is 0 Å². The van der Waals surface area contributed by atoms with Crippen LogP contribution in [0.5, 0.6) is 0 Å². The van der Waals surface area contributed by atoms with E-state index in [0.29, 0.717) is 0 Å². The average molecular weight is 550 g/mol. The van der Waals surface area contributed by atoms with Gasteiger partial charge in [-0.05, 0) is 27.7 Å². The minimum atomic E-state index is -3.08. The Labute approximate surface area is 212 Å². The smallest absolute Gasteiger partial charge is 0.330 e. The molecule has 0 radical (unpaired) electrons. The molecule has 0 aliphatic carbocycles. The first-order valence-corrected chi connectivity index (χ1v) is 14.8. The Balaban J connectivity index is 2.46. The van der Waals surface area contributed by atoms with E-state index in [2.05, 4.69) is 9.83 Å². The maximum Gasteiger partial charge on any atom is 0.330 e. The second-order valence-corrected chi connectivity index (χ2v) is 12.8. The second-order valence-electron chi connectivity index (χ2n) is 8.70. The highest BCUT2D eigenvalue weighted by Crippen LogP contribution is 2.51. The van der Waals surface area contributed by atoms with Gasteiger partial charge in [-0.25, -0.2) is 16.0 Å².